The molecule has 0 amide bonds. The lowest BCUT2D eigenvalue weighted by Crippen LogP contribution is -2.28. The summed E-state index contributed by atoms with van der Waals surface area (Å²) >= 11 is 3.34. The van der Waals surface area contributed by atoms with E-state index in [-0.39, 0.29) is 5.03 Å². The van der Waals surface area contributed by atoms with E-state index in [1.807, 2.05) is 13.8 Å². The summed E-state index contributed by atoms with van der Waals surface area (Å²) in [6.07, 6.45) is 4.00. The Bertz CT molecular complexity index is 444. The Morgan fingerprint density at radius 2 is 2.29 bits per heavy atom. The summed E-state index contributed by atoms with van der Waals surface area (Å²) in [5, 5.41) is 0.964. The van der Waals surface area contributed by atoms with Gasteiger partial charge in [0.15, 0.2) is 5.03 Å². The lowest BCUT2D eigenvalue weighted by molar-refractivity contribution is 0.530. The molecule has 0 radical (unpaired) electrons. The van der Waals surface area contributed by atoms with E-state index in [4.69, 9.17) is 0 Å². The van der Waals surface area contributed by atoms with Crippen LogP contribution in [-0.4, -0.2) is 29.8 Å². The second kappa shape index (κ2) is 6.51. The third kappa shape index (κ3) is 4.40. The lowest BCUT2D eigenvalue weighted by atomic mass is 10.1. The molecule has 98 valence electrons. The molecule has 0 aliphatic rings. The molecule has 1 unspecified atom stereocenters. The van der Waals surface area contributed by atoms with Gasteiger partial charge in [0.1, 0.15) is 0 Å². The van der Waals surface area contributed by atoms with Crippen LogP contribution < -0.4 is 4.72 Å². The number of imidazole rings is 1. The van der Waals surface area contributed by atoms with Crippen LogP contribution in [0.4, 0.5) is 0 Å². The first-order valence-electron chi connectivity index (χ1n) is 5.57. The Hall–Kier alpha value is -0.400. The van der Waals surface area contributed by atoms with Gasteiger partial charge in [-0.3, -0.25) is 0 Å². The fraction of sp³-hybridized carbons (Fsp3) is 0.700. The molecule has 1 rings (SSSR count). The van der Waals surface area contributed by atoms with Crippen LogP contribution in [0.25, 0.3) is 0 Å². The van der Waals surface area contributed by atoms with Crippen LogP contribution in [0.15, 0.2) is 17.6 Å². The summed E-state index contributed by atoms with van der Waals surface area (Å²) in [6, 6.07) is 0. The number of alkyl halides is 1. The van der Waals surface area contributed by atoms with E-state index < -0.39 is 10.0 Å². The monoisotopic (exact) mass is 323 g/mol. The fourth-order valence-electron chi connectivity index (χ4n) is 1.27. The van der Waals surface area contributed by atoms with Crippen molar-refractivity contribution in [3.05, 3.63) is 12.5 Å². The Balaban J connectivity index is 2.62. The Morgan fingerprint density at radius 3 is 2.82 bits per heavy atom. The number of hydrogen-bond donors (Lipinski definition) is 1. The molecule has 0 aromatic carbocycles. The van der Waals surface area contributed by atoms with E-state index in [0.29, 0.717) is 19.0 Å². The van der Waals surface area contributed by atoms with Gasteiger partial charge >= 0.3 is 0 Å². The Morgan fingerprint density at radius 1 is 1.59 bits per heavy atom. The molecule has 0 saturated carbocycles. The third-order valence-electron chi connectivity index (χ3n) is 2.47. The van der Waals surface area contributed by atoms with Crippen molar-refractivity contribution in [1.29, 1.82) is 0 Å². The first-order valence-corrected chi connectivity index (χ1v) is 8.17. The Kier molecular flexibility index (Phi) is 5.61. The number of sulfonamides is 1. The molecule has 7 heteroatoms. The minimum absolute atomic E-state index is 0.0883. The van der Waals surface area contributed by atoms with Crippen LogP contribution in [0.1, 0.15) is 20.3 Å². The van der Waals surface area contributed by atoms with Crippen molar-refractivity contribution in [2.75, 3.05) is 11.9 Å². The molecule has 1 aromatic rings. The summed E-state index contributed by atoms with van der Waals surface area (Å²) in [5.41, 5.74) is 0. The summed E-state index contributed by atoms with van der Waals surface area (Å²) in [7, 11) is -3.46. The quantitative estimate of drug-likeness (QED) is 0.775. The molecule has 1 N–H and O–H groups in total. The second-order valence-electron chi connectivity index (χ2n) is 3.98. The summed E-state index contributed by atoms with van der Waals surface area (Å²) < 4.78 is 28.0. The number of rotatable bonds is 7. The summed E-state index contributed by atoms with van der Waals surface area (Å²) in [5.74, 6) is 0.303. The smallest absolute Gasteiger partial charge is 0.259 e. The van der Waals surface area contributed by atoms with Gasteiger partial charge in [-0.25, -0.2) is 18.1 Å². The van der Waals surface area contributed by atoms with Gasteiger partial charge < -0.3 is 4.57 Å². The van der Waals surface area contributed by atoms with Crippen molar-refractivity contribution in [1.82, 2.24) is 14.3 Å². The first kappa shape index (κ1) is 14.7. The molecule has 1 atom stereocenters. The van der Waals surface area contributed by atoms with E-state index >= 15 is 0 Å². The largest absolute Gasteiger partial charge is 0.336 e. The van der Waals surface area contributed by atoms with Gasteiger partial charge in [0.2, 0.25) is 0 Å². The lowest BCUT2D eigenvalue weighted by Gasteiger charge is -2.10. The van der Waals surface area contributed by atoms with Gasteiger partial charge in [0.05, 0.1) is 6.33 Å². The number of aromatic nitrogens is 2. The van der Waals surface area contributed by atoms with E-state index in [0.717, 1.165) is 11.8 Å². The minimum Gasteiger partial charge on any atom is -0.336 e. The third-order valence-corrected chi connectivity index (χ3v) is 4.24. The minimum atomic E-state index is -3.46. The van der Waals surface area contributed by atoms with Crippen molar-refractivity contribution in [3.8, 4) is 0 Å². The van der Waals surface area contributed by atoms with E-state index in [9.17, 15) is 8.42 Å². The van der Waals surface area contributed by atoms with Gasteiger partial charge in [0.25, 0.3) is 10.0 Å². The molecule has 0 aliphatic carbocycles. The van der Waals surface area contributed by atoms with Gasteiger partial charge in [-0.05, 0) is 19.3 Å². The van der Waals surface area contributed by atoms with Crippen LogP contribution in [0.3, 0.4) is 0 Å². The second-order valence-corrected chi connectivity index (χ2v) is 6.48. The molecule has 5 nitrogen and oxygen atoms in total. The van der Waals surface area contributed by atoms with Gasteiger partial charge in [-0.2, -0.15) is 0 Å². The maximum atomic E-state index is 11.9. The van der Waals surface area contributed by atoms with Crippen LogP contribution >= 0.6 is 15.9 Å². The SMILES string of the molecule is CCn1cnc(S(=O)(=O)NCC(C)CCBr)c1. The highest BCUT2D eigenvalue weighted by atomic mass is 79.9. The van der Waals surface area contributed by atoms with Crippen molar-refractivity contribution >= 4 is 26.0 Å². The van der Waals surface area contributed by atoms with Gasteiger partial charge in [-0.1, -0.05) is 22.9 Å². The highest BCUT2D eigenvalue weighted by Gasteiger charge is 2.17. The maximum Gasteiger partial charge on any atom is 0.259 e. The van der Waals surface area contributed by atoms with Crippen molar-refractivity contribution in [3.63, 3.8) is 0 Å². The van der Waals surface area contributed by atoms with E-state index in [1.165, 1.54) is 12.5 Å². The summed E-state index contributed by atoms with van der Waals surface area (Å²) in [4.78, 5) is 3.89. The number of aryl methyl sites for hydroxylation is 1. The molecule has 0 spiro atoms. The number of halogens is 1. The van der Waals surface area contributed by atoms with Crippen LogP contribution in [0.5, 0.6) is 0 Å². The molecule has 0 fully saturated rings. The first-order chi connectivity index (χ1) is 7.99. The van der Waals surface area contributed by atoms with Crippen molar-refractivity contribution < 1.29 is 8.42 Å². The van der Waals surface area contributed by atoms with E-state index in [1.54, 1.807) is 4.57 Å². The zero-order chi connectivity index (χ0) is 12.9. The van der Waals surface area contributed by atoms with Crippen LogP contribution in [0.2, 0.25) is 0 Å². The molecular weight excluding hydrogens is 306 g/mol. The molecule has 1 aromatic heterocycles. The molecule has 1 heterocycles. The zero-order valence-electron chi connectivity index (χ0n) is 10.1. The van der Waals surface area contributed by atoms with Crippen molar-refractivity contribution in [2.45, 2.75) is 31.8 Å². The Labute approximate surface area is 111 Å². The predicted octanol–water partition coefficient (Wildman–Crippen LogP) is 1.60. The molecule has 17 heavy (non-hydrogen) atoms. The van der Waals surface area contributed by atoms with E-state index in [2.05, 4.69) is 25.6 Å². The average molecular weight is 324 g/mol. The standard InChI is InChI=1S/C10H18BrN3O2S/c1-3-14-7-10(12-8-14)17(15,16)13-6-9(2)4-5-11/h7-9,13H,3-6H2,1-2H3. The average Bonchev–Trinajstić information content (AvgIpc) is 2.76. The highest BCUT2D eigenvalue weighted by molar-refractivity contribution is 9.09. The highest BCUT2D eigenvalue weighted by Crippen LogP contribution is 2.07. The van der Waals surface area contributed by atoms with Crippen LogP contribution in [0, 0.1) is 5.92 Å². The molecular formula is C10H18BrN3O2S. The topological polar surface area (TPSA) is 64.0 Å². The maximum absolute atomic E-state index is 11.9. The normalized spacial score (nSPS) is 13.8. The van der Waals surface area contributed by atoms with Crippen LogP contribution in [-0.2, 0) is 16.6 Å². The molecule has 0 bridgehead atoms. The number of nitrogens with zero attached hydrogens (tertiary/aromatic N) is 2. The predicted molar refractivity (Wildman–Crippen MR) is 70.7 cm³/mol. The summed E-state index contributed by atoms with van der Waals surface area (Å²) in [6.45, 7) is 5.09. The number of hydrogen-bond acceptors (Lipinski definition) is 3. The molecule has 0 saturated heterocycles. The number of nitrogens with one attached hydrogen (secondary N) is 1. The van der Waals surface area contributed by atoms with Gasteiger partial charge in [-0.15, -0.1) is 0 Å². The zero-order valence-corrected chi connectivity index (χ0v) is 12.5. The molecule has 0 aliphatic heterocycles. The fourth-order valence-corrected chi connectivity index (χ4v) is 3.16. The van der Waals surface area contributed by atoms with Crippen molar-refractivity contribution in [2.24, 2.45) is 5.92 Å². The van der Waals surface area contributed by atoms with Gasteiger partial charge in [0, 0.05) is 24.6 Å².